The molecule has 1 aromatic carbocycles. The van der Waals surface area contributed by atoms with Crippen molar-refractivity contribution in [2.24, 2.45) is 5.73 Å². The molecule has 17 heavy (non-hydrogen) atoms. The van der Waals surface area contributed by atoms with Gasteiger partial charge in [0.05, 0.1) is 20.8 Å². The molecule has 0 spiro atoms. The lowest BCUT2D eigenvalue weighted by atomic mass is 9.89. The van der Waals surface area contributed by atoms with Crippen LogP contribution in [0, 0.1) is 0 Å². The summed E-state index contributed by atoms with van der Waals surface area (Å²) in [6.45, 7) is 1.43. The summed E-state index contributed by atoms with van der Waals surface area (Å²) in [7, 11) is 3.27. The first-order valence-corrected chi connectivity index (χ1v) is 5.81. The van der Waals surface area contributed by atoms with E-state index in [1.54, 1.807) is 14.2 Å². The molecule has 2 rings (SSSR count). The number of ether oxygens (including phenoxy) is 3. The topological polar surface area (TPSA) is 53.7 Å². The Hall–Kier alpha value is -1.26. The molecule has 0 aliphatic carbocycles. The maximum atomic E-state index is 6.12. The van der Waals surface area contributed by atoms with Gasteiger partial charge >= 0.3 is 0 Å². The van der Waals surface area contributed by atoms with E-state index in [-0.39, 0.29) is 12.0 Å². The van der Waals surface area contributed by atoms with Gasteiger partial charge in [0.25, 0.3) is 0 Å². The summed E-state index contributed by atoms with van der Waals surface area (Å²) >= 11 is 0. The van der Waals surface area contributed by atoms with Gasteiger partial charge in [-0.15, -0.1) is 0 Å². The molecule has 4 heteroatoms. The van der Waals surface area contributed by atoms with Gasteiger partial charge in [0.2, 0.25) is 0 Å². The van der Waals surface area contributed by atoms with Gasteiger partial charge in [0.15, 0.2) is 11.5 Å². The molecule has 1 fully saturated rings. The van der Waals surface area contributed by atoms with Crippen molar-refractivity contribution >= 4 is 0 Å². The van der Waals surface area contributed by atoms with Crippen LogP contribution in [0.5, 0.6) is 11.5 Å². The predicted octanol–water partition coefficient (Wildman–Crippen LogP) is 1.53. The lowest BCUT2D eigenvalue weighted by molar-refractivity contribution is 0.0691. The van der Waals surface area contributed by atoms with E-state index in [0.717, 1.165) is 30.1 Å². The van der Waals surface area contributed by atoms with Crippen LogP contribution in [0.3, 0.4) is 0 Å². The van der Waals surface area contributed by atoms with Crippen LogP contribution in [0.4, 0.5) is 0 Å². The predicted molar refractivity (Wildman–Crippen MR) is 65.7 cm³/mol. The second-order valence-corrected chi connectivity index (χ2v) is 4.25. The molecule has 1 aliphatic heterocycles. The van der Waals surface area contributed by atoms with Crippen molar-refractivity contribution in [1.82, 2.24) is 0 Å². The molecule has 0 aromatic heterocycles. The molecule has 94 valence electrons. The van der Waals surface area contributed by atoms with Crippen molar-refractivity contribution < 1.29 is 14.2 Å². The van der Waals surface area contributed by atoms with Crippen LogP contribution in [-0.4, -0.2) is 33.5 Å². The van der Waals surface area contributed by atoms with Gasteiger partial charge in [-0.3, -0.25) is 0 Å². The van der Waals surface area contributed by atoms with Crippen LogP contribution in [0.25, 0.3) is 0 Å². The van der Waals surface area contributed by atoms with E-state index in [1.165, 1.54) is 0 Å². The standard InChI is InChI=1S/C13H19NO3/c1-15-12-4-3-9(7-13(12)16-2)10-8-17-6-5-11(10)14/h3-4,7,10-11H,5-6,8,14H2,1-2H3. The van der Waals surface area contributed by atoms with E-state index in [2.05, 4.69) is 0 Å². The molecule has 0 radical (unpaired) electrons. The normalized spacial score (nSPS) is 24.4. The average molecular weight is 237 g/mol. The van der Waals surface area contributed by atoms with E-state index in [0.29, 0.717) is 6.61 Å². The Morgan fingerprint density at radius 3 is 2.65 bits per heavy atom. The second-order valence-electron chi connectivity index (χ2n) is 4.25. The first-order chi connectivity index (χ1) is 8.26. The van der Waals surface area contributed by atoms with Gasteiger partial charge in [0.1, 0.15) is 0 Å². The second kappa shape index (κ2) is 5.38. The maximum absolute atomic E-state index is 6.12. The van der Waals surface area contributed by atoms with E-state index in [4.69, 9.17) is 19.9 Å². The third kappa shape index (κ3) is 2.53. The summed E-state index contributed by atoms with van der Waals surface area (Å²) in [5.74, 6) is 1.72. The van der Waals surface area contributed by atoms with Crippen LogP contribution in [0.1, 0.15) is 17.9 Å². The van der Waals surface area contributed by atoms with Crippen LogP contribution < -0.4 is 15.2 Å². The molecular weight excluding hydrogens is 218 g/mol. The first-order valence-electron chi connectivity index (χ1n) is 5.81. The molecule has 1 aliphatic rings. The molecule has 0 saturated carbocycles. The monoisotopic (exact) mass is 237 g/mol. The number of nitrogens with two attached hydrogens (primary N) is 1. The van der Waals surface area contributed by atoms with Crippen molar-refractivity contribution in [2.45, 2.75) is 18.4 Å². The maximum Gasteiger partial charge on any atom is 0.160 e. The molecule has 2 unspecified atom stereocenters. The van der Waals surface area contributed by atoms with Gasteiger partial charge in [-0.25, -0.2) is 0 Å². The fraction of sp³-hybridized carbons (Fsp3) is 0.538. The highest BCUT2D eigenvalue weighted by atomic mass is 16.5. The minimum atomic E-state index is 0.154. The van der Waals surface area contributed by atoms with Gasteiger partial charge in [-0.1, -0.05) is 6.07 Å². The summed E-state index contributed by atoms with van der Waals surface area (Å²) in [4.78, 5) is 0. The zero-order valence-electron chi connectivity index (χ0n) is 10.3. The molecule has 2 atom stereocenters. The number of rotatable bonds is 3. The fourth-order valence-corrected chi connectivity index (χ4v) is 2.18. The van der Waals surface area contributed by atoms with Crippen molar-refractivity contribution in [3.63, 3.8) is 0 Å². The largest absolute Gasteiger partial charge is 0.493 e. The van der Waals surface area contributed by atoms with E-state index in [9.17, 15) is 0 Å². The Morgan fingerprint density at radius 1 is 1.24 bits per heavy atom. The minimum Gasteiger partial charge on any atom is -0.493 e. The van der Waals surface area contributed by atoms with Gasteiger partial charge in [-0.05, 0) is 24.1 Å². The molecule has 1 saturated heterocycles. The highest BCUT2D eigenvalue weighted by Gasteiger charge is 2.24. The van der Waals surface area contributed by atoms with Crippen LogP contribution >= 0.6 is 0 Å². The van der Waals surface area contributed by atoms with Crippen LogP contribution in [0.15, 0.2) is 18.2 Å². The van der Waals surface area contributed by atoms with Crippen molar-refractivity contribution in [2.75, 3.05) is 27.4 Å². The summed E-state index contributed by atoms with van der Waals surface area (Å²) < 4.78 is 16.0. The third-order valence-corrected chi connectivity index (χ3v) is 3.25. The SMILES string of the molecule is COc1ccc(C2COCCC2N)cc1OC. The van der Waals surface area contributed by atoms with Crippen molar-refractivity contribution in [3.05, 3.63) is 23.8 Å². The van der Waals surface area contributed by atoms with Crippen LogP contribution in [-0.2, 0) is 4.74 Å². The zero-order chi connectivity index (χ0) is 12.3. The average Bonchev–Trinajstić information content (AvgIpc) is 2.38. The van der Waals surface area contributed by atoms with Crippen molar-refractivity contribution in [3.8, 4) is 11.5 Å². The van der Waals surface area contributed by atoms with E-state index >= 15 is 0 Å². The smallest absolute Gasteiger partial charge is 0.160 e. The highest BCUT2D eigenvalue weighted by molar-refractivity contribution is 5.44. The lowest BCUT2D eigenvalue weighted by Gasteiger charge is -2.29. The number of hydrogen-bond donors (Lipinski definition) is 1. The molecule has 0 amide bonds. The molecule has 1 heterocycles. The van der Waals surface area contributed by atoms with E-state index in [1.807, 2.05) is 18.2 Å². The molecular formula is C13H19NO3. The lowest BCUT2D eigenvalue weighted by Crippen LogP contribution is -2.36. The summed E-state index contributed by atoms with van der Waals surface area (Å²) in [6, 6.07) is 6.08. The Kier molecular flexibility index (Phi) is 3.86. The first kappa shape index (κ1) is 12.2. The summed E-state index contributed by atoms with van der Waals surface area (Å²) in [5, 5.41) is 0. The fourth-order valence-electron chi connectivity index (χ4n) is 2.18. The van der Waals surface area contributed by atoms with Gasteiger partial charge in [0, 0.05) is 18.6 Å². The van der Waals surface area contributed by atoms with Gasteiger partial charge in [-0.2, -0.15) is 0 Å². The zero-order valence-corrected chi connectivity index (χ0v) is 10.3. The molecule has 2 N–H and O–H groups in total. The number of hydrogen-bond acceptors (Lipinski definition) is 4. The minimum absolute atomic E-state index is 0.154. The quantitative estimate of drug-likeness (QED) is 0.866. The molecule has 0 bridgehead atoms. The van der Waals surface area contributed by atoms with Crippen molar-refractivity contribution in [1.29, 1.82) is 0 Å². The Balaban J connectivity index is 2.25. The Labute approximate surface area is 102 Å². The number of benzene rings is 1. The van der Waals surface area contributed by atoms with Gasteiger partial charge < -0.3 is 19.9 Å². The highest BCUT2D eigenvalue weighted by Crippen LogP contribution is 2.33. The molecule has 1 aromatic rings. The molecule has 4 nitrogen and oxygen atoms in total. The Bertz CT molecular complexity index is 381. The Morgan fingerprint density at radius 2 is 2.00 bits per heavy atom. The van der Waals surface area contributed by atoms with Crippen LogP contribution in [0.2, 0.25) is 0 Å². The summed E-state index contributed by atoms with van der Waals surface area (Å²) in [5.41, 5.74) is 7.27. The van der Waals surface area contributed by atoms with E-state index < -0.39 is 0 Å². The number of methoxy groups -OCH3 is 2. The third-order valence-electron chi connectivity index (χ3n) is 3.25. The summed E-state index contributed by atoms with van der Waals surface area (Å²) in [6.07, 6.45) is 0.902.